The molecule has 0 atom stereocenters. The molecule has 1 amide bonds. The number of carbonyl (C=O) groups is 1. The molecular formula is C20H21F2N5O3S2. The largest absolute Gasteiger partial charge is 0.323 e. The van der Waals surface area contributed by atoms with Gasteiger partial charge in [-0.05, 0) is 31.2 Å². The molecule has 0 aliphatic heterocycles. The fraction of sp³-hybridized carbons (Fsp3) is 0.250. The topological polar surface area (TPSA) is 97.2 Å². The van der Waals surface area contributed by atoms with Crippen LogP contribution in [-0.4, -0.2) is 41.1 Å². The van der Waals surface area contributed by atoms with Gasteiger partial charge in [-0.25, -0.2) is 17.2 Å². The quantitative estimate of drug-likeness (QED) is 0.471. The minimum absolute atomic E-state index is 0.0305. The van der Waals surface area contributed by atoms with Crippen LogP contribution in [0.3, 0.4) is 0 Å². The molecule has 8 nitrogen and oxygen atoms in total. The zero-order chi connectivity index (χ0) is 23.3. The monoisotopic (exact) mass is 481 g/mol. The van der Waals surface area contributed by atoms with Gasteiger partial charge in [0.25, 0.3) is 0 Å². The summed E-state index contributed by atoms with van der Waals surface area (Å²) in [7, 11) is -3.58. The van der Waals surface area contributed by atoms with Crippen molar-refractivity contribution in [3.8, 4) is 0 Å². The number of nitrogens with one attached hydrogen (secondary N) is 1. The van der Waals surface area contributed by atoms with Gasteiger partial charge in [-0.15, -0.1) is 10.2 Å². The van der Waals surface area contributed by atoms with Crippen LogP contribution in [0.5, 0.6) is 0 Å². The summed E-state index contributed by atoms with van der Waals surface area (Å²) in [5.41, 5.74) is 0.372. The summed E-state index contributed by atoms with van der Waals surface area (Å²) in [5, 5.41) is 11.0. The third-order valence-electron chi connectivity index (χ3n) is 4.38. The molecule has 3 rings (SSSR count). The van der Waals surface area contributed by atoms with Gasteiger partial charge in [0.2, 0.25) is 15.9 Å². The standard InChI is InChI=1S/C20H21F2N5O3S2/c1-3-26-18(12-27(32(2,29)30)15-7-5-4-6-8-15)24-25-20(26)31-13-19(28)23-17-10-9-14(21)11-16(17)22/h4-11H,3,12-13H2,1-2H3,(H,23,28). The Morgan fingerprint density at radius 1 is 1.16 bits per heavy atom. The number of halogens is 2. The van der Waals surface area contributed by atoms with Crippen molar-refractivity contribution >= 4 is 39.1 Å². The predicted octanol–water partition coefficient (Wildman–Crippen LogP) is 3.27. The van der Waals surface area contributed by atoms with Crippen LogP contribution in [0.15, 0.2) is 53.7 Å². The van der Waals surface area contributed by atoms with E-state index >= 15 is 0 Å². The average molecular weight is 482 g/mol. The molecule has 12 heteroatoms. The van der Waals surface area contributed by atoms with Crippen molar-refractivity contribution in [2.75, 3.05) is 21.6 Å². The molecule has 0 radical (unpaired) electrons. The van der Waals surface area contributed by atoms with Crippen molar-refractivity contribution in [3.63, 3.8) is 0 Å². The highest BCUT2D eigenvalue weighted by atomic mass is 32.2. The van der Waals surface area contributed by atoms with E-state index in [-0.39, 0.29) is 18.0 Å². The maximum Gasteiger partial charge on any atom is 0.234 e. The Morgan fingerprint density at radius 2 is 1.88 bits per heavy atom. The van der Waals surface area contributed by atoms with E-state index in [4.69, 9.17) is 0 Å². The summed E-state index contributed by atoms with van der Waals surface area (Å²) in [6.07, 6.45) is 1.11. The van der Waals surface area contributed by atoms with Crippen LogP contribution in [-0.2, 0) is 27.9 Å². The summed E-state index contributed by atoms with van der Waals surface area (Å²) < 4.78 is 54.3. The van der Waals surface area contributed by atoms with Crippen molar-refractivity contribution in [1.82, 2.24) is 14.8 Å². The Bertz CT molecular complexity index is 1200. The van der Waals surface area contributed by atoms with Crippen LogP contribution >= 0.6 is 11.8 Å². The first-order chi connectivity index (χ1) is 15.2. The first-order valence-electron chi connectivity index (χ1n) is 9.51. The lowest BCUT2D eigenvalue weighted by atomic mass is 10.3. The predicted molar refractivity (Wildman–Crippen MR) is 119 cm³/mol. The van der Waals surface area contributed by atoms with E-state index in [9.17, 15) is 22.0 Å². The molecule has 1 aromatic heterocycles. The van der Waals surface area contributed by atoms with Gasteiger partial charge in [-0.2, -0.15) is 0 Å². The van der Waals surface area contributed by atoms with Gasteiger partial charge < -0.3 is 9.88 Å². The van der Waals surface area contributed by atoms with Gasteiger partial charge in [-0.1, -0.05) is 30.0 Å². The van der Waals surface area contributed by atoms with Gasteiger partial charge in [0.1, 0.15) is 11.6 Å². The number of rotatable bonds is 9. The number of aromatic nitrogens is 3. The van der Waals surface area contributed by atoms with Gasteiger partial charge >= 0.3 is 0 Å². The zero-order valence-corrected chi connectivity index (χ0v) is 19.0. The van der Waals surface area contributed by atoms with Gasteiger partial charge in [0, 0.05) is 12.6 Å². The Balaban J connectivity index is 1.72. The Hall–Kier alpha value is -2.99. The average Bonchev–Trinajstić information content (AvgIpc) is 3.14. The first-order valence-corrected chi connectivity index (χ1v) is 12.3. The molecular weight excluding hydrogens is 460 g/mol. The molecule has 0 fully saturated rings. The molecule has 0 bridgehead atoms. The smallest absolute Gasteiger partial charge is 0.234 e. The lowest BCUT2D eigenvalue weighted by Gasteiger charge is -2.22. The molecule has 1 N–H and O–H groups in total. The van der Waals surface area contributed by atoms with E-state index in [1.54, 1.807) is 34.9 Å². The van der Waals surface area contributed by atoms with Crippen LogP contribution in [0.2, 0.25) is 0 Å². The van der Waals surface area contributed by atoms with Crippen LogP contribution in [0.25, 0.3) is 0 Å². The summed E-state index contributed by atoms with van der Waals surface area (Å²) in [4.78, 5) is 12.2. The molecule has 32 heavy (non-hydrogen) atoms. The zero-order valence-electron chi connectivity index (χ0n) is 17.3. The number of carbonyl (C=O) groups excluding carboxylic acids is 1. The summed E-state index contributed by atoms with van der Waals surface area (Å²) in [5.74, 6) is -1.80. The number of thioether (sulfide) groups is 1. The number of benzene rings is 2. The number of nitrogens with zero attached hydrogens (tertiary/aromatic N) is 4. The lowest BCUT2D eigenvalue weighted by Crippen LogP contribution is -2.30. The van der Waals surface area contributed by atoms with E-state index in [0.717, 1.165) is 30.2 Å². The second kappa shape index (κ2) is 10.1. The normalized spacial score (nSPS) is 11.4. The molecule has 0 unspecified atom stereocenters. The van der Waals surface area contributed by atoms with E-state index in [2.05, 4.69) is 15.5 Å². The van der Waals surface area contributed by atoms with E-state index in [0.29, 0.717) is 29.3 Å². The number of anilines is 2. The Morgan fingerprint density at radius 3 is 2.50 bits per heavy atom. The maximum atomic E-state index is 13.7. The first kappa shape index (κ1) is 23.7. The Kier molecular flexibility index (Phi) is 7.46. The highest BCUT2D eigenvalue weighted by Crippen LogP contribution is 2.23. The van der Waals surface area contributed by atoms with Crippen molar-refractivity contribution < 1.29 is 22.0 Å². The molecule has 0 saturated heterocycles. The molecule has 0 aliphatic rings. The van der Waals surface area contributed by atoms with Crippen LogP contribution in [0.4, 0.5) is 20.2 Å². The third kappa shape index (κ3) is 5.82. The van der Waals surface area contributed by atoms with E-state index in [1.165, 1.54) is 4.31 Å². The van der Waals surface area contributed by atoms with Crippen LogP contribution in [0.1, 0.15) is 12.7 Å². The van der Waals surface area contributed by atoms with E-state index < -0.39 is 27.6 Å². The van der Waals surface area contributed by atoms with Gasteiger partial charge in [-0.3, -0.25) is 9.10 Å². The minimum Gasteiger partial charge on any atom is -0.323 e. The molecule has 3 aromatic rings. The summed E-state index contributed by atoms with van der Waals surface area (Å²) in [6.45, 7) is 2.26. The number of hydrogen-bond acceptors (Lipinski definition) is 6. The SMILES string of the molecule is CCn1c(CN(c2ccccc2)S(C)(=O)=O)nnc1SCC(=O)Nc1ccc(F)cc1F. The fourth-order valence-corrected chi connectivity index (χ4v) is 4.57. The highest BCUT2D eigenvalue weighted by Gasteiger charge is 2.22. The fourth-order valence-electron chi connectivity index (χ4n) is 2.89. The lowest BCUT2D eigenvalue weighted by molar-refractivity contribution is -0.113. The van der Waals surface area contributed by atoms with Crippen molar-refractivity contribution in [2.45, 2.75) is 25.2 Å². The number of hydrogen-bond donors (Lipinski definition) is 1. The minimum atomic E-state index is -3.58. The molecule has 0 aliphatic carbocycles. The van der Waals surface area contributed by atoms with Crippen molar-refractivity contribution in [1.29, 1.82) is 0 Å². The number of amides is 1. The molecule has 2 aromatic carbocycles. The van der Waals surface area contributed by atoms with Crippen molar-refractivity contribution in [3.05, 3.63) is 66.0 Å². The molecule has 170 valence electrons. The summed E-state index contributed by atoms with van der Waals surface area (Å²) in [6, 6.07) is 11.5. The second-order valence-corrected chi connectivity index (χ2v) is 9.56. The summed E-state index contributed by atoms with van der Waals surface area (Å²) >= 11 is 1.07. The Labute approximate surface area is 188 Å². The number of para-hydroxylation sites is 1. The maximum absolute atomic E-state index is 13.7. The highest BCUT2D eigenvalue weighted by molar-refractivity contribution is 7.99. The molecule has 0 spiro atoms. The molecule has 0 saturated carbocycles. The molecule has 1 heterocycles. The van der Waals surface area contributed by atoms with Crippen molar-refractivity contribution in [2.24, 2.45) is 0 Å². The van der Waals surface area contributed by atoms with Gasteiger partial charge in [0.05, 0.1) is 29.9 Å². The van der Waals surface area contributed by atoms with Gasteiger partial charge in [0.15, 0.2) is 11.0 Å². The van der Waals surface area contributed by atoms with E-state index in [1.807, 2.05) is 6.92 Å². The third-order valence-corrected chi connectivity index (χ3v) is 6.48. The number of sulfonamides is 1. The van der Waals surface area contributed by atoms with Crippen LogP contribution < -0.4 is 9.62 Å². The second-order valence-electron chi connectivity index (χ2n) is 6.71. The van der Waals surface area contributed by atoms with Crippen LogP contribution in [0, 0.1) is 11.6 Å².